The van der Waals surface area contributed by atoms with Crippen LogP contribution in [0.4, 0.5) is 5.69 Å². The summed E-state index contributed by atoms with van der Waals surface area (Å²) in [7, 11) is 0. The molecule has 0 bridgehead atoms. The molecule has 0 saturated carbocycles. The monoisotopic (exact) mass is 619 g/mol. The summed E-state index contributed by atoms with van der Waals surface area (Å²) in [6.07, 6.45) is 11.7. The lowest BCUT2D eigenvalue weighted by atomic mass is 10.0. The fraction of sp³-hybridized carbons (Fsp3) is 0.345. The normalized spacial score (nSPS) is 16.9. The Morgan fingerprint density at radius 1 is 0.974 bits per heavy atom. The summed E-state index contributed by atoms with van der Waals surface area (Å²) in [5.41, 5.74) is 7.19. The lowest BCUT2D eigenvalue weighted by Crippen LogP contribution is -2.34. The number of nitrogens with one attached hydrogen (secondary N) is 3. The predicted octanol–water partition coefficient (Wildman–Crippen LogP) is 5.89. The first kappa shape index (κ1) is 23.9. The van der Waals surface area contributed by atoms with Gasteiger partial charge in [-0.15, -0.1) is 0 Å². The first-order valence-electron chi connectivity index (χ1n) is 13.5. The third-order valence-corrected chi connectivity index (χ3v) is 8.62. The molecule has 8 nitrogen and oxygen atoms in total. The summed E-state index contributed by atoms with van der Waals surface area (Å²) < 4.78 is 7.41. The van der Waals surface area contributed by atoms with E-state index in [-0.39, 0.29) is 6.10 Å². The molecule has 2 aliphatic heterocycles. The molecule has 7 rings (SSSR count). The van der Waals surface area contributed by atoms with Gasteiger partial charge in [0.1, 0.15) is 23.2 Å². The van der Waals surface area contributed by atoms with Crippen LogP contribution in [0.15, 0.2) is 48.9 Å². The van der Waals surface area contributed by atoms with Crippen molar-refractivity contribution in [1.82, 2.24) is 30.5 Å². The summed E-state index contributed by atoms with van der Waals surface area (Å²) in [6.45, 7) is 4.19. The number of hydrogen-bond acceptors (Lipinski definition) is 6. The van der Waals surface area contributed by atoms with Crippen molar-refractivity contribution in [2.45, 2.75) is 38.2 Å². The minimum absolute atomic E-state index is 0.237. The van der Waals surface area contributed by atoms with Gasteiger partial charge in [-0.3, -0.25) is 10.1 Å². The molecule has 0 spiro atoms. The SMILES string of the molecule is Ic1cc2[nH]nc(-c3cc4c(N5CCCCC5)ccnc4[nH]3)c2cc1-c1cncc(OC2CCNCC2)c1. The molecule has 9 heteroatoms. The van der Waals surface area contributed by atoms with E-state index < -0.39 is 0 Å². The topological polar surface area (TPSA) is 94.8 Å². The van der Waals surface area contributed by atoms with Crippen LogP contribution in [0.3, 0.4) is 0 Å². The van der Waals surface area contributed by atoms with E-state index in [0.717, 1.165) is 92.8 Å². The van der Waals surface area contributed by atoms with E-state index in [9.17, 15) is 0 Å². The number of nitrogens with zero attached hydrogens (tertiary/aromatic N) is 4. The molecular weight excluding hydrogens is 589 g/mol. The summed E-state index contributed by atoms with van der Waals surface area (Å²) in [5, 5.41) is 13.6. The highest BCUT2D eigenvalue weighted by molar-refractivity contribution is 14.1. The highest BCUT2D eigenvalue weighted by atomic mass is 127. The van der Waals surface area contributed by atoms with Crippen LogP contribution < -0.4 is 15.0 Å². The Bertz CT molecular complexity index is 1600. The zero-order valence-corrected chi connectivity index (χ0v) is 23.3. The van der Waals surface area contributed by atoms with Gasteiger partial charge in [-0.2, -0.15) is 5.10 Å². The molecule has 0 radical (unpaired) electrons. The fourth-order valence-corrected chi connectivity index (χ4v) is 6.53. The van der Waals surface area contributed by atoms with Crippen molar-refractivity contribution in [1.29, 1.82) is 0 Å². The van der Waals surface area contributed by atoms with Gasteiger partial charge in [-0.05, 0) is 104 Å². The van der Waals surface area contributed by atoms with Gasteiger partial charge < -0.3 is 19.9 Å². The minimum atomic E-state index is 0.237. The van der Waals surface area contributed by atoms with E-state index >= 15 is 0 Å². The number of fused-ring (bicyclic) bond motifs is 2. The number of aromatic amines is 2. The molecule has 2 fully saturated rings. The molecule has 0 amide bonds. The van der Waals surface area contributed by atoms with E-state index in [1.165, 1.54) is 24.9 Å². The lowest BCUT2D eigenvalue weighted by Gasteiger charge is -2.29. The van der Waals surface area contributed by atoms with E-state index in [1.807, 2.05) is 18.6 Å². The van der Waals surface area contributed by atoms with Crippen molar-refractivity contribution < 1.29 is 4.74 Å². The number of halogens is 1. The molecule has 0 unspecified atom stereocenters. The average molecular weight is 620 g/mol. The van der Waals surface area contributed by atoms with Gasteiger partial charge in [-0.1, -0.05) is 0 Å². The molecule has 194 valence electrons. The summed E-state index contributed by atoms with van der Waals surface area (Å²) >= 11 is 2.40. The number of ether oxygens (including phenoxy) is 1. The van der Waals surface area contributed by atoms with E-state index in [1.54, 1.807) is 0 Å². The number of aromatic nitrogens is 5. The molecule has 0 atom stereocenters. The molecule has 38 heavy (non-hydrogen) atoms. The number of rotatable bonds is 5. The Kier molecular flexibility index (Phi) is 6.40. The number of benzene rings is 1. The highest BCUT2D eigenvalue weighted by Gasteiger charge is 2.20. The maximum Gasteiger partial charge on any atom is 0.139 e. The molecule has 0 aliphatic carbocycles. The van der Waals surface area contributed by atoms with Crippen molar-refractivity contribution in [3.05, 3.63) is 52.5 Å². The fourth-order valence-electron chi connectivity index (χ4n) is 5.75. The molecule has 2 saturated heterocycles. The van der Waals surface area contributed by atoms with Crippen LogP contribution in [0.5, 0.6) is 5.75 Å². The third-order valence-electron chi connectivity index (χ3n) is 7.72. The van der Waals surface area contributed by atoms with Gasteiger partial charge in [0.15, 0.2) is 0 Å². The van der Waals surface area contributed by atoms with Gasteiger partial charge >= 0.3 is 0 Å². The van der Waals surface area contributed by atoms with Gasteiger partial charge in [0.05, 0.1) is 17.4 Å². The third kappa shape index (κ3) is 4.51. The molecule has 2 aliphatic rings. The molecule has 4 aromatic heterocycles. The van der Waals surface area contributed by atoms with Gasteiger partial charge in [0.2, 0.25) is 0 Å². The van der Waals surface area contributed by atoms with Gasteiger partial charge in [-0.25, -0.2) is 4.98 Å². The van der Waals surface area contributed by atoms with Crippen LogP contribution in [0.25, 0.3) is 44.5 Å². The van der Waals surface area contributed by atoms with Crippen LogP contribution in [-0.2, 0) is 0 Å². The molecular formula is C29H30IN7O. The van der Waals surface area contributed by atoms with Crippen molar-refractivity contribution in [3.63, 3.8) is 0 Å². The molecule has 5 aromatic rings. The smallest absolute Gasteiger partial charge is 0.139 e. The second-order valence-corrected chi connectivity index (χ2v) is 11.4. The Labute approximate surface area is 234 Å². The Hall–Kier alpha value is -3.18. The first-order chi connectivity index (χ1) is 18.7. The second kappa shape index (κ2) is 10.2. The maximum absolute atomic E-state index is 6.28. The maximum atomic E-state index is 6.28. The summed E-state index contributed by atoms with van der Waals surface area (Å²) in [4.78, 5) is 15.2. The summed E-state index contributed by atoms with van der Waals surface area (Å²) in [6, 6.07) is 10.8. The number of pyridine rings is 2. The number of piperidine rings is 2. The Morgan fingerprint density at radius 2 is 1.84 bits per heavy atom. The number of hydrogen-bond donors (Lipinski definition) is 3. The van der Waals surface area contributed by atoms with Crippen molar-refractivity contribution in [2.75, 3.05) is 31.1 Å². The zero-order chi connectivity index (χ0) is 25.5. The average Bonchev–Trinajstić information content (AvgIpc) is 3.57. The lowest BCUT2D eigenvalue weighted by molar-refractivity contribution is 0.162. The van der Waals surface area contributed by atoms with Crippen LogP contribution in [0, 0.1) is 3.57 Å². The van der Waals surface area contributed by atoms with E-state index in [4.69, 9.17) is 9.84 Å². The Morgan fingerprint density at radius 3 is 2.71 bits per heavy atom. The molecule has 6 heterocycles. The van der Waals surface area contributed by atoms with E-state index in [2.05, 4.69) is 83.2 Å². The second-order valence-electron chi connectivity index (χ2n) is 10.2. The largest absolute Gasteiger partial charge is 0.489 e. The Balaban J connectivity index is 1.26. The highest BCUT2D eigenvalue weighted by Crippen LogP contribution is 2.37. The minimum Gasteiger partial charge on any atom is -0.489 e. The van der Waals surface area contributed by atoms with Crippen molar-refractivity contribution in [3.8, 4) is 28.3 Å². The zero-order valence-electron chi connectivity index (χ0n) is 21.1. The van der Waals surface area contributed by atoms with E-state index in [0.29, 0.717) is 0 Å². The number of anilines is 1. The molecule has 1 aromatic carbocycles. The van der Waals surface area contributed by atoms with Crippen LogP contribution in [0.1, 0.15) is 32.1 Å². The first-order valence-corrected chi connectivity index (χ1v) is 14.5. The summed E-state index contributed by atoms with van der Waals surface area (Å²) in [5.74, 6) is 0.824. The predicted molar refractivity (Wildman–Crippen MR) is 160 cm³/mol. The van der Waals surface area contributed by atoms with Gasteiger partial charge in [0.25, 0.3) is 0 Å². The van der Waals surface area contributed by atoms with Crippen molar-refractivity contribution in [2.24, 2.45) is 0 Å². The quantitative estimate of drug-likeness (QED) is 0.213. The van der Waals surface area contributed by atoms with Crippen LogP contribution in [-0.4, -0.2) is 57.4 Å². The standard InChI is InChI=1S/C29H30IN7O/c30-24-15-25-22(13-21(24)18-12-20(17-32-16-18)38-19-4-7-31-8-5-19)28(36-35-25)26-14-23-27(6-9-33-29(23)34-26)37-10-2-1-3-11-37/h6,9,12-17,19,31H,1-5,7-8,10-11H2,(H,33,34)(H,35,36). The van der Waals surface area contributed by atoms with Crippen LogP contribution in [0.2, 0.25) is 0 Å². The van der Waals surface area contributed by atoms with Crippen molar-refractivity contribution >= 4 is 50.2 Å². The molecule has 3 N–H and O–H groups in total. The van der Waals surface area contributed by atoms with Gasteiger partial charge in [0, 0.05) is 51.1 Å². The number of H-pyrrole nitrogens is 2. The van der Waals surface area contributed by atoms with Crippen LogP contribution >= 0.6 is 22.6 Å².